The van der Waals surface area contributed by atoms with Crippen LogP contribution in [-0.2, 0) is 10.8 Å². The Morgan fingerprint density at radius 3 is 1.71 bits per heavy atom. The highest BCUT2D eigenvalue weighted by Crippen LogP contribution is 2.41. The smallest absolute Gasteiger partial charge is 0.435 e. The first kappa shape index (κ1) is 18.0. The number of nitrogens with zero attached hydrogens (tertiary/aromatic N) is 1. The van der Waals surface area contributed by atoms with Crippen LogP contribution >= 0.6 is 25.6 Å². The first-order valence-electron chi connectivity index (χ1n) is 6.61. The van der Waals surface area contributed by atoms with Crippen molar-refractivity contribution in [2.24, 2.45) is 0 Å². The normalized spacial score (nSPS) is 12.2. The zero-order valence-electron chi connectivity index (χ0n) is 13.3. The third kappa shape index (κ3) is 4.48. The molecule has 0 heterocycles. The fourth-order valence-corrected chi connectivity index (χ4v) is 2.03. The number of thiol groups is 2. The molecule has 118 valence electrons. The van der Waals surface area contributed by atoms with Crippen LogP contribution in [0.25, 0.3) is 0 Å². The Kier molecular flexibility index (Phi) is 5.16. The summed E-state index contributed by atoms with van der Waals surface area (Å²) >= 11 is 7.57. The summed E-state index contributed by atoms with van der Waals surface area (Å²) in [5, 5.41) is 10.5. The van der Waals surface area contributed by atoms with E-state index in [9.17, 15) is 9.90 Å². The minimum Gasteiger partial charge on any atom is -0.507 e. The summed E-state index contributed by atoms with van der Waals surface area (Å²) in [5.41, 5.74) is 0.882. The summed E-state index contributed by atoms with van der Waals surface area (Å²) in [4.78, 5) is 11.6. The van der Waals surface area contributed by atoms with Crippen molar-refractivity contribution in [3.63, 3.8) is 0 Å². The third-order valence-electron chi connectivity index (χ3n) is 3.07. The molecule has 4 nitrogen and oxygen atoms in total. The number of carbonyl (C=O) groups excluding carboxylic acids is 1. The molecule has 0 aliphatic rings. The number of aromatic hydroxyl groups is 1. The van der Waals surface area contributed by atoms with E-state index in [-0.39, 0.29) is 16.6 Å². The van der Waals surface area contributed by atoms with Gasteiger partial charge in [0.05, 0.1) is 0 Å². The average molecular weight is 329 g/mol. The fraction of sp³-hybridized carbons (Fsp3) is 0.533. The van der Waals surface area contributed by atoms with E-state index >= 15 is 0 Å². The molecule has 0 fully saturated rings. The number of ether oxygens (including phenoxy) is 1. The average Bonchev–Trinajstić information content (AvgIpc) is 2.27. The largest absolute Gasteiger partial charge is 0.507 e. The molecule has 1 amide bonds. The Bertz CT molecular complexity index is 508. The zero-order chi connectivity index (χ0) is 16.6. The van der Waals surface area contributed by atoms with Crippen LogP contribution in [0.4, 0.5) is 4.79 Å². The summed E-state index contributed by atoms with van der Waals surface area (Å²) in [6.07, 6.45) is -0.702. The topological polar surface area (TPSA) is 49.8 Å². The molecule has 1 rings (SSSR count). The second-order valence-corrected chi connectivity index (χ2v) is 8.14. The molecule has 1 aromatic carbocycles. The van der Waals surface area contributed by atoms with Gasteiger partial charge in [-0.1, -0.05) is 41.5 Å². The Hall–Kier alpha value is -1.01. The Labute approximate surface area is 137 Å². The molecule has 0 saturated carbocycles. The predicted octanol–water partition coefficient (Wildman–Crippen LogP) is 4.48. The van der Waals surface area contributed by atoms with E-state index in [1.807, 2.05) is 41.5 Å². The molecule has 1 aromatic rings. The Balaban J connectivity index is 3.44. The van der Waals surface area contributed by atoms with E-state index in [4.69, 9.17) is 4.74 Å². The van der Waals surface area contributed by atoms with Crippen molar-refractivity contribution in [1.29, 1.82) is 0 Å². The number of phenolic OH excluding ortho intramolecular Hbond substituents is 1. The number of benzene rings is 1. The summed E-state index contributed by atoms with van der Waals surface area (Å²) in [6.45, 7) is 11.9. The van der Waals surface area contributed by atoms with Crippen molar-refractivity contribution >= 4 is 31.7 Å². The van der Waals surface area contributed by atoms with Crippen LogP contribution < -0.4 is 4.74 Å². The van der Waals surface area contributed by atoms with Gasteiger partial charge in [-0.15, -0.1) is 0 Å². The van der Waals surface area contributed by atoms with Gasteiger partial charge >= 0.3 is 6.09 Å². The highest BCUT2D eigenvalue weighted by atomic mass is 32.2. The molecule has 0 saturated heterocycles. The van der Waals surface area contributed by atoms with E-state index in [1.165, 1.54) is 0 Å². The van der Waals surface area contributed by atoms with Gasteiger partial charge in [0.1, 0.15) is 11.5 Å². The van der Waals surface area contributed by atoms with Gasteiger partial charge in [0.2, 0.25) is 0 Å². The Morgan fingerprint density at radius 2 is 1.43 bits per heavy atom. The second-order valence-electron chi connectivity index (χ2n) is 7.02. The molecule has 1 N–H and O–H groups in total. The lowest BCUT2D eigenvalue weighted by Gasteiger charge is -2.28. The van der Waals surface area contributed by atoms with E-state index in [0.29, 0.717) is 5.75 Å². The minimum absolute atomic E-state index is 0.239. The lowest BCUT2D eigenvalue weighted by molar-refractivity contribution is 0.197. The van der Waals surface area contributed by atoms with Gasteiger partial charge in [0.25, 0.3) is 0 Å². The molecule has 0 unspecified atom stereocenters. The standard InChI is InChI=1S/C15H23NO3S2/c1-14(2,3)10-7-9(19-13(18)16(20)21)8-11(12(10)17)15(4,5)6/h7-8,17,20-21H,1-6H3. The lowest BCUT2D eigenvalue weighted by atomic mass is 9.79. The number of rotatable bonds is 1. The molecule has 0 bridgehead atoms. The monoisotopic (exact) mass is 329 g/mol. The highest BCUT2D eigenvalue weighted by molar-refractivity contribution is 7.94. The van der Waals surface area contributed by atoms with Crippen LogP contribution in [0.1, 0.15) is 52.7 Å². The first-order chi connectivity index (χ1) is 9.34. The number of hydrogen-bond donors (Lipinski definition) is 3. The van der Waals surface area contributed by atoms with Gasteiger partial charge < -0.3 is 9.84 Å². The van der Waals surface area contributed by atoms with Gasteiger partial charge in [0, 0.05) is 11.1 Å². The van der Waals surface area contributed by atoms with Crippen LogP contribution in [0.3, 0.4) is 0 Å². The molecule has 0 spiro atoms. The van der Waals surface area contributed by atoms with Crippen LogP contribution in [0.5, 0.6) is 11.5 Å². The van der Waals surface area contributed by atoms with Gasteiger partial charge in [-0.05, 0) is 48.6 Å². The molecular formula is C15H23NO3S2. The van der Waals surface area contributed by atoms with Crippen molar-refractivity contribution in [3.05, 3.63) is 23.3 Å². The van der Waals surface area contributed by atoms with Crippen molar-refractivity contribution < 1.29 is 14.6 Å². The SMILES string of the molecule is CC(C)(C)c1cc(OC(=O)N(S)S)cc(C(C)(C)C)c1O. The van der Waals surface area contributed by atoms with Crippen molar-refractivity contribution in [2.45, 2.75) is 52.4 Å². The third-order valence-corrected chi connectivity index (χ3v) is 3.39. The molecule has 6 heteroatoms. The molecule has 0 radical (unpaired) electrons. The number of amides is 1. The molecule has 21 heavy (non-hydrogen) atoms. The summed E-state index contributed by atoms with van der Waals surface area (Å²) in [7, 11) is 0. The zero-order valence-corrected chi connectivity index (χ0v) is 15.0. The van der Waals surface area contributed by atoms with Crippen molar-refractivity contribution in [1.82, 2.24) is 3.71 Å². The Morgan fingerprint density at radius 1 is 1.05 bits per heavy atom. The van der Waals surface area contributed by atoms with Gasteiger partial charge in [-0.25, -0.2) is 4.79 Å². The molecule has 0 aliphatic heterocycles. The molecule has 0 aliphatic carbocycles. The van der Waals surface area contributed by atoms with E-state index < -0.39 is 6.09 Å². The van der Waals surface area contributed by atoms with Gasteiger partial charge in [-0.3, -0.25) is 0 Å². The van der Waals surface area contributed by atoms with E-state index in [0.717, 1.165) is 14.8 Å². The van der Waals surface area contributed by atoms with Crippen LogP contribution in [0, 0.1) is 0 Å². The van der Waals surface area contributed by atoms with Gasteiger partial charge in [-0.2, -0.15) is 3.71 Å². The van der Waals surface area contributed by atoms with Crippen LogP contribution in [0.15, 0.2) is 12.1 Å². The first-order valence-corrected chi connectivity index (χ1v) is 7.41. The van der Waals surface area contributed by atoms with Crippen LogP contribution in [0.2, 0.25) is 0 Å². The maximum absolute atomic E-state index is 11.6. The summed E-state index contributed by atoms with van der Waals surface area (Å²) < 4.78 is 5.99. The molecule has 0 atom stereocenters. The number of carbonyl (C=O) groups is 1. The molecule has 0 aromatic heterocycles. The second kappa shape index (κ2) is 6.01. The molecular weight excluding hydrogens is 306 g/mol. The minimum atomic E-state index is -0.702. The predicted molar refractivity (Wildman–Crippen MR) is 91.3 cm³/mol. The van der Waals surface area contributed by atoms with Crippen LogP contribution in [-0.4, -0.2) is 14.9 Å². The lowest BCUT2D eigenvalue weighted by Crippen LogP contribution is -2.20. The van der Waals surface area contributed by atoms with Gasteiger partial charge in [0.15, 0.2) is 0 Å². The van der Waals surface area contributed by atoms with E-state index in [2.05, 4.69) is 25.6 Å². The maximum Gasteiger partial charge on any atom is 0.435 e. The summed E-state index contributed by atoms with van der Waals surface area (Å²) in [6, 6.07) is 3.35. The number of phenols is 1. The maximum atomic E-state index is 11.6. The highest BCUT2D eigenvalue weighted by Gasteiger charge is 2.27. The van der Waals surface area contributed by atoms with E-state index in [1.54, 1.807) is 12.1 Å². The fourth-order valence-electron chi connectivity index (χ4n) is 1.95. The van der Waals surface area contributed by atoms with Crippen molar-refractivity contribution in [2.75, 3.05) is 0 Å². The number of hydrogen-bond acceptors (Lipinski definition) is 5. The van der Waals surface area contributed by atoms with Crippen molar-refractivity contribution in [3.8, 4) is 11.5 Å². The quantitative estimate of drug-likeness (QED) is 0.666. The summed E-state index contributed by atoms with van der Waals surface area (Å²) in [5.74, 6) is 0.601.